The smallest absolute Gasteiger partial charge is 0.219 e. The van der Waals surface area contributed by atoms with Crippen LogP contribution in [0.4, 0.5) is 0 Å². The Morgan fingerprint density at radius 2 is 1.52 bits per heavy atom. The zero-order chi connectivity index (χ0) is 18.4. The van der Waals surface area contributed by atoms with E-state index in [1.54, 1.807) is 19.2 Å². The number of pyridine rings is 2. The third-order valence-electron chi connectivity index (χ3n) is 4.60. The van der Waals surface area contributed by atoms with E-state index >= 15 is 0 Å². The minimum absolute atomic E-state index is 0. The number of hydrogen-bond acceptors (Lipinski definition) is 5. The number of benzene rings is 2. The van der Waals surface area contributed by atoms with Gasteiger partial charge in [0.15, 0.2) is 35.4 Å². The normalized spacial score (nSPS) is 10.8. The van der Waals surface area contributed by atoms with Crippen molar-refractivity contribution in [1.82, 2.24) is 0 Å². The van der Waals surface area contributed by atoms with Crippen LogP contribution in [0.5, 0.6) is 28.7 Å². The molecule has 140 valence electrons. The lowest BCUT2D eigenvalue weighted by atomic mass is 10.1. The summed E-state index contributed by atoms with van der Waals surface area (Å²) in [6, 6.07) is 8.81. The predicted octanol–water partition coefficient (Wildman–Crippen LogP) is 0.173. The maximum atomic E-state index is 10.4. The van der Waals surface area contributed by atoms with Gasteiger partial charge in [-0.15, -0.1) is 0 Å². The van der Waals surface area contributed by atoms with Gasteiger partial charge >= 0.3 is 0 Å². The number of nitrogens with zero attached hydrogens (tertiary/aromatic N) is 1. The van der Waals surface area contributed by atoms with Crippen LogP contribution in [-0.2, 0) is 0 Å². The molecular weight excluding hydrogens is 414 g/mol. The van der Waals surface area contributed by atoms with Gasteiger partial charge in [-0.05, 0) is 17.5 Å². The van der Waals surface area contributed by atoms with E-state index in [0.29, 0.717) is 22.6 Å². The van der Waals surface area contributed by atoms with E-state index in [4.69, 9.17) is 14.2 Å². The van der Waals surface area contributed by atoms with E-state index in [0.717, 1.165) is 21.7 Å². The first-order valence-corrected chi connectivity index (χ1v) is 7.99. The highest BCUT2D eigenvalue weighted by Crippen LogP contribution is 2.41. The predicted molar refractivity (Wildman–Crippen MR) is 97.6 cm³/mol. The van der Waals surface area contributed by atoms with Gasteiger partial charge in [0, 0.05) is 23.6 Å². The molecule has 2 aromatic heterocycles. The van der Waals surface area contributed by atoms with E-state index in [1.807, 2.05) is 28.9 Å². The molecule has 0 bridgehead atoms. The van der Waals surface area contributed by atoms with Gasteiger partial charge in [-0.25, -0.2) is 0 Å². The molecule has 2 aromatic carbocycles. The van der Waals surface area contributed by atoms with Crippen LogP contribution in [0.3, 0.4) is 0 Å². The average Bonchev–Trinajstić information content (AvgIpc) is 2.66. The molecule has 2 heterocycles. The van der Waals surface area contributed by atoms with E-state index < -0.39 is 0 Å². The number of phenols is 2. The van der Waals surface area contributed by atoms with Crippen molar-refractivity contribution in [3.63, 3.8) is 0 Å². The molecule has 2 N–H and O–H groups in total. The van der Waals surface area contributed by atoms with Crippen LogP contribution in [0.25, 0.3) is 27.1 Å². The minimum Gasteiger partial charge on any atom is -1.00 e. The van der Waals surface area contributed by atoms with Crippen LogP contribution in [0.15, 0.2) is 42.7 Å². The SMILES string of the molecule is COc1cc2c(cc[n+]3cc4c(O)cc(OC)c(OC)c4cc23)cc1O.[Br-]. The Balaban J connectivity index is 0.00000210. The third-order valence-corrected chi connectivity index (χ3v) is 4.60. The van der Waals surface area contributed by atoms with Crippen LogP contribution in [-0.4, -0.2) is 31.5 Å². The topological polar surface area (TPSA) is 72.3 Å². The Morgan fingerprint density at radius 3 is 2.19 bits per heavy atom. The van der Waals surface area contributed by atoms with Crippen molar-refractivity contribution < 1.29 is 45.8 Å². The molecule has 0 saturated carbocycles. The number of rotatable bonds is 3. The second-order valence-electron chi connectivity index (χ2n) is 5.95. The van der Waals surface area contributed by atoms with Gasteiger partial charge in [0.25, 0.3) is 0 Å². The van der Waals surface area contributed by atoms with Gasteiger partial charge in [-0.1, -0.05) is 0 Å². The Morgan fingerprint density at radius 1 is 0.778 bits per heavy atom. The molecule has 0 aliphatic rings. The molecule has 6 nitrogen and oxygen atoms in total. The number of phenolic OH excluding ortho intramolecular Hbond substituents is 2. The number of aromatic nitrogens is 1. The van der Waals surface area contributed by atoms with Crippen molar-refractivity contribution >= 4 is 27.1 Å². The standard InChI is InChI=1S/C20H17NO5.BrH/c1-24-18-8-12-11(6-17(18)23)4-5-21-10-14-13(7-15(12)21)20(26-3)19(25-2)9-16(14)22;/h4-10H,1-3H3,(H,22,23);1H. The number of ether oxygens (including phenoxy) is 3. The highest BCUT2D eigenvalue weighted by molar-refractivity contribution is 6.02. The molecule has 27 heavy (non-hydrogen) atoms. The largest absolute Gasteiger partial charge is 1.00 e. The lowest BCUT2D eigenvalue weighted by Crippen LogP contribution is -3.00. The van der Waals surface area contributed by atoms with E-state index in [1.165, 1.54) is 20.3 Å². The Kier molecular flexibility index (Phi) is 4.89. The number of methoxy groups -OCH3 is 3. The number of aromatic hydroxyl groups is 2. The molecule has 0 spiro atoms. The minimum atomic E-state index is 0. The Bertz CT molecular complexity index is 1180. The third kappa shape index (κ3) is 2.84. The van der Waals surface area contributed by atoms with Crippen LogP contribution in [0.2, 0.25) is 0 Å². The first kappa shape index (κ1) is 18.8. The van der Waals surface area contributed by atoms with Gasteiger partial charge in [0.2, 0.25) is 5.52 Å². The summed E-state index contributed by atoms with van der Waals surface area (Å²) in [6.07, 6.45) is 3.71. The summed E-state index contributed by atoms with van der Waals surface area (Å²) in [5.41, 5.74) is 0.874. The fourth-order valence-electron chi connectivity index (χ4n) is 3.33. The summed E-state index contributed by atoms with van der Waals surface area (Å²) in [4.78, 5) is 0. The maximum Gasteiger partial charge on any atom is 0.219 e. The van der Waals surface area contributed by atoms with Crippen molar-refractivity contribution in [1.29, 1.82) is 0 Å². The summed E-state index contributed by atoms with van der Waals surface area (Å²) in [5.74, 6) is 1.59. The highest BCUT2D eigenvalue weighted by atomic mass is 79.9. The number of halogens is 1. The summed E-state index contributed by atoms with van der Waals surface area (Å²) >= 11 is 0. The monoisotopic (exact) mass is 431 g/mol. The highest BCUT2D eigenvalue weighted by Gasteiger charge is 2.19. The van der Waals surface area contributed by atoms with Gasteiger partial charge in [-0.3, -0.25) is 0 Å². The summed E-state index contributed by atoms with van der Waals surface area (Å²) in [7, 11) is 4.61. The molecule has 4 aromatic rings. The lowest BCUT2D eigenvalue weighted by Gasteiger charge is -2.12. The second-order valence-corrected chi connectivity index (χ2v) is 5.95. The van der Waals surface area contributed by atoms with E-state index in [2.05, 4.69) is 0 Å². The fourth-order valence-corrected chi connectivity index (χ4v) is 3.33. The molecular formula is C20H18BrNO5. The second kappa shape index (κ2) is 7.00. The summed E-state index contributed by atoms with van der Waals surface area (Å²) in [6.45, 7) is 0. The van der Waals surface area contributed by atoms with Crippen molar-refractivity contribution in [2.75, 3.05) is 21.3 Å². The molecule has 0 fully saturated rings. The number of hydrogen-bond donors (Lipinski definition) is 2. The van der Waals surface area contributed by atoms with Crippen LogP contribution >= 0.6 is 0 Å². The molecule has 0 aliphatic heterocycles. The first-order chi connectivity index (χ1) is 12.6. The molecule has 0 aliphatic carbocycles. The fraction of sp³-hybridized carbons (Fsp3) is 0.150. The summed E-state index contributed by atoms with van der Waals surface area (Å²) in [5, 5.41) is 23.6. The lowest BCUT2D eigenvalue weighted by molar-refractivity contribution is -0.509. The van der Waals surface area contributed by atoms with Gasteiger partial charge in [-0.2, -0.15) is 4.40 Å². The average molecular weight is 432 g/mol. The van der Waals surface area contributed by atoms with E-state index in [-0.39, 0.29) is 28.5 Å². The van der Waals surface area contributed by atoms with Crippen LogP contribution < -0.4 is 35.6 Å². The van der Waals surface area contributed by atoms with E-state index in [9.17, 15) is 10.2 Å². The van der Waals surface area contributed by atoms with Gasteiger partial charge in [0.1, 0.15) is 5.75 Å². The number of fused-ring (bicyclic) bond motifs is 4. The molecule has 0 radical (unpaired) electrons. The van der Waals surface area contributed by atoms with Gasteiger partial charge in [0.05, 0.1) is 32.1 Å². The van der Waals surface area contributed by atoms with Crippen molar-refractivity contribution in [3.05, 3.63) is 42.7 Å². The Labute approximate surface area is 165 Å². The maximum absolute atomic E-state index is 10.4. The summed E-state index contributed by atoms with van der Waals surface area (Å²) < 4.78 is 18.0. The molecule has 0 saturated heterocycles. The van der Waals surface area contributed by atoms with Crippen molar-refractivity contribution in [2.45, 2.75) is 0 Å². The Hall–Kier alpha value is -2.93. The van der Waals surface area contributed by atoms with Crippen LogP contribution in [0.1, 0.15) is 0 Å². The molecule has 0 atom stereocenters. The molecule has 7 heteroatoms. The quantitative estimate of drug-likeness (QED) is 0.275. The van der Waals surface area contributed by atoms with Crippen LogP contribution in [0, 0.1) is 0 Å². The zero-order valence-corrected chi connectivity index (χ0v) is 16.6. The molecule has 4 rings (SSSR count). The van der Waals surface area contributed by atoms with Crippen molar-refractivity contribution in [2.24, 2.45) is 0 Å². The first-order valence-electron chi connectivity index (χ1n) is 7.99. The van der Waals surface area contributed by atoms with Crippen molar-refractivity contribution in [3.8, 4) is 28.7 Å². The molecule has 0 amide bonds. The zero-order valence-electron chi connectivity index (χ0n) is 15.0. The van der Waals surface area contributed by atoms with Gasteiger partial charge < -0.3 is 41.4 Å². The molecule has 0 unspecified atom stereocenters.